The van der Waals surface area contributed by atoms with Crippen LogP contribution in [-0.2, 0) is 6.54 Å². The lowest BCUT2D eigenvalue weighted by Crippen LogP contribution is -2.23. The van der Waals surface area contributed by atoms with Gasteiger partial charge in [-0.3, -0.25) is 4.79 Å². The molecule has 2 aromatic carbocycles. The molecular formula is C22H15N3O2. The number of furan rings is 1. The van der Waals surface area contributed by atoms with Crippen LogP contribution in [0.1, 0.15) is 21.5 Å². The third-order valence-electron chi connectivity index (χ3n) is 4.27. The molecule has 0 unspecified atom stereocenters. The van der Waals surface area contributed by atoms with Crippen molar-refractivity contribution in [3.63, 3.8) is 0 Å². The van der Waals surface area contributed by atoms with E-state index in [1.165, 1.54) is 0 Å². The molecule has 4 rings (SSSR count). The number of rotatable bonds is 4. The Morgan fingerprint density at radius 1 is 1.07 bits per heavy atom. The first-order valence-electron chi connectivity index (χ1n) is 8.45. The van der Waals surface area contributed by atoms with Crippen LogP contribution in [0.25, 0.3) is 22.4 Å². The molecule has 5 nitrogen and oxygen atoms in total. The lowest BCUT2D eigenvalue weighted by atomic mass is 10.1. The number of hydrogen-bond donors (Lipinski definition) is 1. The number of fused-ring (bicyclic) bond motifs is 1. The van der Waals surface area contributed by atoms with E-state index in [0.717, 1.165) is 16.5 Å². The number of carbonyl (C=O) groups excluding carboxylic acids is 1. The van der Waals surface area contributed by atoms with E-state index in [2.05, 4.69) is 16.4 Å². The fourth-order valence-corrected chi connectivity index (χ4v) is 2.89. The van der Waals surface area contributed by atoms with Gasteiger partial charge in [0.1, 0.15) is 5.69 Å². The lowest BCUT2D eigenvalue weighted by molar-refractivity contribution is 0.0952. The topological polar surface area (TPSA) is 78.9 Å². The standard InChI is InChI=1S/C22H15N3O2/c23-13-15-7-9-16(10-8-15)14-24-22(26)18-12-20(21-6-3-11-27-21)25-19-5-2-1-4-17(18)19/h1-12H,14H2,(H,24,26). The molecule has 0 aliphatic heterocycles. The predicted octanol–water partition coefficient (Wildman–Crippen LogP) is 4.30. The first-order chi connectivity index (χ1) is 13.2. The Hall–Kier alpha value is -3.91. The number of nitrogens with one attached hydrogen (secondary N) is 1. The highest BCUT2D eigenvalue weighted by Gasteiger charge is 2.14. The molecule has 1 N–H and O–H groups in total. The number of para-hydroxylation sites is 1. The van der Waals surface area contributed by atoms with Crippen LogP contribution < -0.4 is 5.32 Å². The van der Waals surface area contributed by atoms with Gasteiger partial charge in [-0.1, -0.05) is 30.3 Å². The molecule has 0 fully saturated rings. The second-order valence-electron chi connectivity index (χ2n) is 6.04. The van der Waals surface area contributed by atoms with Crippen molar-refractivity contribution in [3.05, 3.63) is 89.7 Å². The van der Waals surface area contributed by atoms with Gasteiger partial charge in [0.05, 0.1) is 29.0 Å². The van der Waals surface area contributed by atoms with E-state index < -0.39 is 0 Å². The van der Waals surface area contributed by atoms with Crippen LogP contribution in [0.3, 0.4) is 0 Å². The lowest BCUT2D eigenvalue weighted by Gasteiger charge is -2.10. The fraction of sp³-hybridized carbons (Fsp3) is 0.0455. The van der Waals surface area contributed by atoms with E-state index in [9.17, 15) is 4.79 Å². The molecule has 130 valence electrons. The molecule has 0 atom stereocenters. The minimum Gasteiger partial charge on any atom is -0.463 e. The van der Waals surface area contributed by atoms with Gasteiger partial charge in [0.15, 0.2) is 5.76 Å². The summed E-state index contributed by atoms with van der Waals surface area (Å²) in [5.41, 5.74) is 3.40. The van der Waals surface area contributed by atoms with Gasteiger partial charge < -0.3 is 9.73 Å². The van der Waals surface area contributed by atoms with Gasteiger partial charge in [-0.25, -0.2) is 4.98 Å². The van der Waals surface area contributed by atoms with Crippen molar-refractivity contribution in [3.8, 4) is 17.5 Å². The van der Waals surface area contributed by atoms with Crippen molar-refractivity contribution in [2.45, 2.75) is 6.54 Å². The first-order valence-corrected chi connectivity index (χ1v) is 8.45. The van der Waals surface area contributed by atoms with E-state index in [4.69, 9.17) is 9.68 Å². The smallest absolute Gasteiger partial charge is 0.252 e. The highest BCUT2D eigenvalue weighted by atomic mass is 16.3. The van der Waals surface area contributed by atoms with Crippen molar-refractivity contribution in [2.24, 2.45) is 0 Å². The summed E-state index contributed by atoms with van der Waals surface area (Å²) in [6.45, 7) is 0.372. The largest absolute Gasteiger partial charge is 0.463 e. The molecule has 2 heterocycles. The fourth-order valence-electron chi connectivity index (χ4n) is 2.89. The molecule has 0 radical (unpaired) electrons. The first kappa shape index (κ1) is 16.6. The Labute approximate surface area is 155 Å². The molecule has 0 bridgehead atoms. The zero-order valence-electron chi connectivity index (χ0n) is 14.3. The molecule has 0 saturated carbocycles. The third-order valence-corrected chi connectivity index (χ3v) is 4.27. The Morgan fingerprint density at radius 3 is 2.63 bits per heavy atom. The average Bonchev–Trinajstić information content (AvgIpc) is 3.26. The zero-order chi connectivity index (χ0) is 18.6. The van der Waals surface area contributed by atoms with Gasteiger partial charge in [0.2, 0.25) is 0 Å². The Balaban J connectivity index is 1.65. The van der Waals surface area contributed by atoms with Crippen LogP contribution in [0.5, 0.6) is 0 Å². The van der Waals surface area contributed by atoms with E-state index in [1.807, 2.05) is 42.5 Å². The maximum absolute atomic E-state index is 12.9. The maximum atomic E-state index is 12.9. The van der Waals surface area contributed by atoms with Gasteiger partial charge in [-0.05, 0) is 42.0 Å². The molecule has 4 aromatic rings. The summed E-state index contributed by atoms with van der Waals surface area (Å²) >= 11 is 0. The number of amides is 1. The SMILES string of the molecule is N#Cc1ccc(CNC(=O)c2cc(-c3ccco3)nc3ccccc23)cc1. The number of aromatic nitrogens is 1. The van der Waals surface area contributed by atoms with Crippen molar-refractivity contribution in [1.29, 1.82) is 5.26 Å². The van der Waals surface area contributed by atoms with E-state index in [0.29, 0.717) is 29.1 Å². The summed E-state index contributed by atoms with van der Waals surface area (Å²) in [6, 6.07) is 22.1. The van der Waals surface area contributed by atoms with E-state index in [-0.39, 0.29) is 5.91 Å². The second kappa shape index (κ2) is 7.14. The van der Waals surface area contributed by atoms with Gasteiger partial charge in [-0.2, -0.15) is 5.26 Å². The summed E-state index contributed by atoms with van der Waals surface area (Å²) in [6.07, 6.45) is 1.58. The van der Waals surface area contributed by atoms with Crippen molar-refractivity contribution in [2.75, 3.05) is 0 Å². The number of nitriles is 1. The van der Waals surface area contributed by atoms with Crippen LogP contribution in [0.4, 0.5) is 0 Å². The Kier molecular flexibility index (Phi) is 4.38. The molecular weight excluding hydrogens is 338 g/mol. The minimum absolute atomic E-state index is 0.189. The maximum Gasteiger partial charge on any atom is 0.252 e. The second-order valence-corrected chi connectivity index (χ2v) is 6.04. The van der Waals surface area contributed by atoms with Crippen LogP contribution >= 0.6 is 0 Å². The average molecular weight is 353 g/mol. The van der Waals surface area contributed by atoms with Crippen LogP contribution in [0, 0.1) is 11.3 Å². The Bertz CT molecular complexity index is 1140. The third kappa shape index (κ3) is 3.42. The quantitative estimate of drug-likeness (QED) is 0.593. The number of carbonyl (C=O) groups is 1. The van der Waals surface area contributed by atoms with Crippen LogP contribution in [0.15, 0.2) is 77.4 Å². The van der Waals surface area contributed by atoms with E-state index in [1.54, 1.807) is 30.5 Å². The molecule has 0 aliphatic rings. The van der Waals surface area contributed by atoms with Gasteiger partial charge >= 0.3 is 0 Å². The number of benzene rings is 2. The highest BCUT2D eigenvalue weighted by molar-refractivity contribution is 6.07. The Morgan fingerprint density at radius 2 is 1.89 bits per heavy atom. The summed E-state index contributed by atoms with van der Waals surface area (Å²) in [7, 11) is 0. The van der Waals surface area contributed by atoms with Gasteiger partial charge in [0.25, 0.3) is 5.91 Å². The molecule has 1 amide bonds. The summed E-state index contributed by atoms with van der Waals surface area (Å²) in [5.74, 6) is 0.424. The molecule has 5 heteroatoms. The van der Waals surface area contributed by atoms with Gasteiger partial charge in [0, 0.05) is 11.9 Å². The number of hydrogen-bond acceptors (Lipinski definition) is 4. The molecule has 0 saturated heterocycles. The van der Waals surface area contributed by atoms with E-state index >= 15 is 0 Å². The predicted molar refractivity (Wildman–Crippen MR) is 102 cm³/mol. The summed E-state index contributed by atoms with van der Waals surface area (Å²) in [4.78, 5) is 17.4. The van der Waals surface area contributed by atoms with Crippen molar-refractivity contribution in [1.82, 2.24) is 10.3 Å². The van der Waals surface area contributed by atoms with Crippen LogP contribution in [0.2, 0.25) is 0 Å². The van der Waals surface area contributed by atoms with Crippen molar-refractivity contribution >= 4 is 16.8 Å². The molecule has 0 aliphatic carbocycles. The summed E-state index contributed by atoms with van der Waals surface area (Å²) < 4.78 is 5.43. The van der Waals surface area contributed by atoms with Crippen molar-refractivity contribution < 1.29 is 9.21 Å². The monoisotopic (exact) mass is 353 g/mol. The molecule has 0 spiro atoms. The molecule has 27 heavy (non-hydrogen) atoms. The van der Waals surface area contributed by atoms with Crippen LogP contribution in [-0.4, -0.2) is 10.9 Å². The van der Waals surface area contributed by atoms with Gasteiger partial charge in [-0.15, -0.1) is 0 Å². The minimum atomic E-state index is -0.189. The number of pyridine rings is 1. The number of nitrogens with zero attached hydrogens (tertiary/aromatic N) is 2. The molecule has 2 aromatic heterocycles. The highest BCUT2D eigenvalue weighted by Crippen LogP contribution is 2.25. The summed E-state index contributed by atoms with van der Waals surface area (Å²) in [5, 5.41) is 12.6. The normalized spacial score (nSPS) is 10.5. The zero-order valence-corrected chi connectivity index (χ0v) is 14.3.